The van der Waals surface area contributed by atoms with E-state index in [1.54, 1.807) is 12.1 Å². The fourth-order valence-electron chi connectivity index (χ4n) is 1.50. The average Bonchev–Trinajstić information content (AvgIpc) is 2.40. The Balaban J connectivity index is 2.44. The summed E-state index contributed by atoms with van der Waals surface area (Å²) in [6, 6.07) is 5.96. The standard InChI is InChI=1S/C12H9BrClN3O3/c1-2-10-15-9(14)6-11(16-10)20-12-7(13)4-3-5-8(12)17(18)19/h3-6H,2H2,1H3. The topological polar surface area (TPSA) is 78.2 Å². The second-order valence-electron chi connectivity index (χ2n) is 3.75. The van der Waals surface area contributed by atoms with Crippen molar-refractivity contribution in [2.24, 2.45) is 0 Å². The third-order valence-electron chi connectivity index (χ3n) is 2.38. The molecule has 0 aliphatic heterocycles. The van der Waals surface area contributed by atoms with E-state index in [0.717, 1.165) is 0 Å². The van der Waals surface area contributed by atoms with Gasteiger partial charge in [-0.05, 0) is 22.0 Å². The minimum absolute atomic E-state index is 0.0781. The van der Waals surface area contributed by atoms with Gasteiger partial charge in [-0.25, -0.2) is 4.98 Å². The molecule has 0 fully saturated rings. The second kappa shape index (κ2) is 6.15. The van der Waals surface area contributed by atoms with Crippen LogP contribution in [0.25, 0.3) is 0 Å². The molecule has 0 saturated carbocycles. The lowest BCUT2D eigenvalue weighted by molar-refractivity contribution is -0.385. The Hall–Kier alpha value is -1.73. The summed E-state index contributed by atoms with van der Waals surface area (Å²) in [6.45, 7) is 1.87. The van der Waals surface area contributed by atoms with Crippen LogP contribution in [0.5, 0.6) is 11.6 Å². The first-order valence-electron chi connectivity index (χ1n) is 5.65. The van der Waals surface area contributed by atoms with Crippen molar-refractivity contribution in [3.05, 3.63) is 49.8 Å². The fourth-order valence-corrected chi connectivity index (χ4v) is 2.13. The molecular weight excluding hydrogens is 350 g/mol. The molecule has 104 valence electrons. The van der Waals surface area contributed by atoms with E-state index >= 15 is 0 Å². The number of rotatable bonds is 4. The molecule has 8 heteroatoms. The number of benzene rings is 1. The number of aromatic nitrogens is 2. The highest BCUT2D eigenvalue weighted by molar-refractivity contribution is 9.10. The predicted molar refractivity (Wildman–Crippen MR) is 77.3 cm³/mol. The Morgan fingerprint density at radius 1 is 1.45 bits per heavy atom. The molecule has 0 bridgehead atoms. The average molecular weight is 359 g/mol. The molecule has 0 saturated heterocycles. The fraction of sp³-hybridized carbons (Fsp3) is 0.167. The molecule has 1 aromatic carbocycles. The Morgan fingerprint density at radius 3 is 2.85 bits per heavy atom. The maximum Gasteiger partial charge on any atom is 0.312 e. The van der Waals surface area contributed by atoms with Crippen molar-refractivity contribution >= 4 is 33.2 Å². The van der Waals surface area contributed by atoms with Gasteiger partial charge in [-0.1, -0.05) is 24.6 Å². The molecule has 0 amide bonds. The number of halogens is 2. The molecule has 0 N–H and O–H groups in total. The third kappa shape index (κ3) is 3.23. The number of para-hydroxylation sites is 1. The summed E-state index contributed by atoms with van der Waals surface area (Å²) in [6.07, 6.45) is 0.578. The van der Waals surface area contributed by atoms with E-state index in [4.69, 9.17) is 16.3 Å². The van der Waals surface area contributed by atoms with E-state index in [1.165, 1.54) is 12.1 Å². The van der Waals surface area contributed by atoms with Gasteiger partial charge in [0.05, 0.1) is 9.40 Å². The Kier molecular flexibility index (Phi) is 4.51. The van der Waals surface area contributed by atoms with Gasteiger partial charge in [0.1, 0.15) is 11.0 Å². The van der Waals surface area contributed by atoms with E-state index in [9.17, 15) is 10.1 Å². The van der Waals surface area contributed by atoms with Crippen LogP contribution >= 0.6 is 27.5 Å². The van der Waals surface area contributed by atoms with Crippen molar-refractivity contribution in [3.8, 4) is 11.6 Å². The van der Waals surface area contributed by atoms with Crippen molar-refractivity contribution < 1.29 is 9.66 Å². The van der Waals surface area contributed by atoms with E-state index in [-0.39, 0.29) is 22.5 Å². The van der Waals surface area contributed by atoms with Gasteiger partial charge < -0.3 is 4.74 Å². The van der Waals surface area contributed by atoms with Gasteiger partial charge in [-0.15, -0.1) is 0 Å². The molecule has 2 rings (SSSR count). The van der Waals surface area contributed by atoms with Gasteiger partial charge in [-0.2, -0.15) is 4.98 Å². The van der Waals surface area contributed by atoms with E-state index in [2.05, 4.69) is 25.9 Å². The highest BCUT2D eigenvalue weighted by Crippen LogP contribution is 2.37. The van der Waals surface area contributed by atoms with Crippen LogP contribution < -0.4 is 4.74 Å². The quantitative estimate of drug-likeness (QED) is 0.466. The minimum atomic E-state index is -0.524. The van der Waals surface area contributed by atoms with Crippen LogP contribution in [0.3, 0.4) is 0 Å². The lowest BCUT2D eigenvalue weighted by Crippen LogP contribution is -1.99. The molecule has 0 atom stereocenters. The van der Waals surface area contributed by atoms with Gasteiger partial charge >= 0.3 is 5.69 Å². The Labute approximate surface area is 128 Å². The maximum atomic E-state index is 11.0. The number of nitro benzene ring substituents is 1. The first kappa shape index (κ1) is 14.7. The summed E-state index contributed by atoms with van der Waals surface area (Å²) in [5.74, 6) is 0.744. The largest absolute Gasteiger partial charge is 0.430 e. The molecule has 6 nitrogen and oxygen atoms in total. The normalized spacial score (nSPS) is 10.3. The first-order valence-corrected chi connectivity index (χ1v) is 6.82. The molecular formula is C12H9BrClN3O3. The lowest BCUT2D eigenvalue weighted by Gasteiger charge is -2.08. The summed E-state index contributed by atoms with van der Waals surface area (Å²) in [5.41, 5.74) is -0.160. The summed E-state index contributed by atoms with van der Waals surface area (Å²) in [7, 11) is 0. The van der Waals surface area contributed by atoms with Crippen LogP contribution in [0.4, 0.5) is 5.69 Å². The number of hydrogen-bond acceptors (Lipinski definition) is 5. The second-order valence-corrected chi connectivity index (χ2v) is 4.99. The lowest BCUT2D eigenvalue weighted by atomic mass is 10.3. The van der Waals surface area contributed by atoms with Crippen molar-refractivity contribution in [2.45, 2.75) is 13.3 Å². The van der Waals surface area contributed by atoms with E-state index in [0.29, 0.717) is 16.7 Å². The maximum absolute atomic E-state index is 11.0. The third-order valence-corrected chi connectivity index (χ3v) is 3.20. The Bertz CT molecular complexity index is 666. The number of aryl methyl sites for hydroxylation is 1. The summed E-state index contributed by atoms with van der Waals surface area (Å²) >= 11 is 9.08. The number of nitrogens with zero attached hydrogens (tertiary/aromatic N) is 3. The van der Waals surface area contributed by atoms with E-state index in [1.807, 2.05) is 6.92 Å². The van der Waals surface area contributed by atoms with Crippen molar-refractivity contribution in [1.29, 1.82) is 0 Å². The highest BCUT2D eigenvalue weighted by atomic mass is 79.9. The van der Waals surface area contributed by atoms with Crippen LogP contribution in [0, 0.1) is 10.1 Å². The molecule has 1 heterocycles. The zero-order valence-electron chi connectivity index (χ0n) is 10.3. The SMILES string of the molecule is CCc1nc(Cl)cc(Oc2c(Br)cccc2[N+](=O)[O-])n1. The summed E-state index contributed by atoms with van der Waals surface area (Å²) in [4.78, 5) is 18.6. The van der Waals surface area contributed by atoms with Crippen LogP contribution in [0.2, 0.25) is 5.15 Å². The zero-order chi connectivity index (χ0) is 14.7. The molecule has 0 spiro atoms. The first-order chi connectivity index (χ1) is 9.51. The van der Waals surface area contributed by atoms with Crippen LogP contribution in [-0.2, 0) is 6.42 Å². The summed E-state index contributed by atoms with van der Waals surface area (Å²) in [5, 5.41) is 11.2. The highest BCUT2D eigenvalue weighted by Gasteiger charge is 2.19. The zero-order valence-corrected chi connectivity index (χ0v) is 12.7. The van der Waals surface area contributed by atoms with Gasteiger partial charge in [-0.3, -0.25) is 10.1 Å². The van der Waals surface area contributed by atoms with Crippen LogP contribution in [0.15, 0.2) is 28.7 Å². The van der Waals surface area contributed by atoms with E-state index < -0.39 is 4.92 Å². The monoisotopic (exact) mass is 357 g/mol. The molecule has 2 aromatic rings. The minimum Gasteiger partial charge on any atom is -0.430 e. The van der Waals surface area contributed by atoms with Gasteiger partial charge in [0, 0.05) is 18.6 Å². The van der Waals surface area contributed by atoms with Gasteiger partial charge in [0.25, 0.3) is 0 Å². The number of ether oxygens (including phenoxy) is 1. The molecule has 0 aliphatic carbocycles. The number of hydrogen-bond donors (Lipinski definition) is 0. The van der Waals surface area contributed by atoms with Crippen LogP contribution in [0.1, 0.15) is 12.7 Å². The molecule has 20 heavy (non-hydrogen) atoms. The number of nitro groups is 1. The van der Waals surface area contributed by atoms with Gasteiger partial charge in [0.2, 0.25) is 11.6 Å². The predicted octanol–water partition coefficient (Wildman–Crippen LogP) is 4.16. The smallest absolute Gasteiger partial charge is 0.312 e. The van der Waals surface area contributed by atoms with Gasteiger partial charge in [0.15, 0.2) is 0 Å². The van der Waals surface area contributed by atoms with Crippen molar-refractivity contribution in [2.75, 3.05) is 0 Å². The molecule has 0 radical (unpaired) electrons. The van der Waals surface area contributed by atoms with Crippen LogP contribution in [-0.4, -0.2) is 14.9 Å². The Morgan fingerprint density at radius 2 is 2.20 bits per heavy atom. The molecule has 1 aromatic heterocycles. The van der Waals surface area contributed by atoms with Crippen molar-refractivity contribution in [3.63, 3.8) is 0 Å². The molecule has 0 unspecified atom stereocenters. The summed E-state index contributed by atoms with van der Waals surface area (Å²) < 4.78 is 5.96. The molecule has 0 aliphatic rings. The van der Waals surface area contributed by atoms with Crippen molar-refractivity contribution in [1.82, 2.24) is 9.97 Å².